The highest BCUT2D eigenvalue weighted by Crippen LogP contribution is 2.21. The highest BCUT2D eigenvalue weighted by Gasteiger charge is 2.08. The number of nitrogens with one attached hydrogen (secondary N) is 4. The second-order valence-corrected chi connectivity index (χ2v) is 3.55. The van der Waals surface area contributed by atoms with Gasteiger partial charge in [0.05, 0.1) is 16.6 Å². The molecule has 0 radical (unpaired) electrons. The first kappa shape index (κ1) is 11.1. The third-order valence-electron chi connectivity index (χ3n) is 2.33. The summed E-state index contributed by atoms with van der Waals surface area (Å²) >= 11 is 0. The maximum Gasteiger partial charge on any atom is 0.142 e. The zero-order chi connectivity index (χ0) is 12.3. The van der Waals surface area contributed by atoms with Crippen LogP contribution in [0.5, 0.6) is 0 Å². The summed E-state index contributed by atoms with van der Waals surface area (Å²) in [5.41, 5.74) is 1.77. The Hall–Kier alpha value is -2.37. The topological polar surface area (TPSA) is 89.5 Å². The zero-order valence-electron chi connectivity index (χ0n) is 9.70. The quantitative estimate of drug-likeness (QED) is 0.474. The Kier molecular flexibility index (Phi) is 3.04. The summed E-state index contributed by atoms with van der Waals surface area (Å²) in [4.78, 5) is 4.22. The van der Waals surface area contributed by atoms with Gasteiger partial charge in [0.2, 0.25) is 0 Å². The van der Waals surface area contributed by atoms with Crippen molar-refractivity contribution in [3.8, 4) is 0 Å². The first-order valence-electron chi connectivity index (χ1n) is 5.21. The van der Waals surface area contributed by atoms with Gasteiger partial charge in [-0.15, -0.1) is 0 Å². The van der Waals surface area contributed by atoms with E-state index in [-0.39, 0.29) is 5.84 Å². The number of hydrogen-bond acceptors (Lipinski definition) is 4. The molecule has 0 spiro atoms. The highest BCUT2D eigenvalue weighted by atomic mass is 15.1. The predicted octanol–water partition coefficient (Wildman–Crippen LogP) is 1.39. The number of rotatable bonds is 3. The first-order chi connectivity index (χ1) is 8.22. The van der Waals surface area contributed by atoms with Gasteiger partial charge in [0, 0.05) is 13.2 Å². The Labute approximate surface area is 98.7 Å². The van der Waals surface area contributed by atoms with E-state index in [4.69, 9.17) is 5.41 Å². The molecule has 88 valence electrons. The maximum absolute atomic E-state index is 7.72. The maximum atomic E-state index is 7.72. The van der Waals surface area contributed by atoms with Crippen molar-refractivity contribution in [1.82, 2.24) is 20.5 Å². The summed E-state index contributed by atoms with van der Waals surface area (Å²) < 4.78 is 0. The number of nitrogens with zero attached hydrogens (tertiary/aromatic N) is 2. The summed E-state index contributed by atoms with van der Waals surface area (Å²) in [6.45, 7) is 1.90. The van der Waals surface area contributed by atoms with E-state index in [2.05, 4.69) is 25.8 Å². The SMILES string of the molecule is CN/C=C\C(=N)Nc1nccc2[nH]nc(C)c12. The number of aromatic amines is 1. The van der Waals surface area contributed by atoms with Crippen molar-refractivity contribution in [3.05, 3.63) is 30.2 Å². The van der Waals surface area contributed by atoms with Crippen LogP contribution in [0.4, 0.5) is 5.82 Å². The number of amidine groups is 1. The molecular weight excluding hydrogens is 216 g/mol. The van der Waals surface area contributed by atoms with Crippen LogP contribution in [-0.4, -0.2) is 28.1 Å². The summed E-state index contributed by atoms with van der Waals surface area (Å²) in [6.07, 6.45) is 4.98. The smallest absolute Gasteiger partial charge is 0.142 e. The standard InChI is InChI=1S/C11H14N6/c1-7-10-8(17-16-7)3-6-14-11(10)15-9(12)4-5-13-2/h3-6,13H,1-2H3,(H,16,17)(H2,12,14,15)/b5-4-. The number of fused-ring (bicyclic) bond motifs is 1. The number of anilines is 1. The lowest BCUT2D eigenvalue weighted by molar-refractivity contribution is 1.07. The summed E-state index contributed by atoms with van der Waals surface area (Å²) in [7, 11) is 1.78. The van der Waals surface area contributed by atoms with Crippen molar-refractivity contribution < 1.29 is 0 Å². The fourth-order valence-electron chi connectivity index (χ4n) is 1.55. The molecule has 2 heterocycles. The normalized spacial score (nSPS) is 10.9. The largest absolute Gasteiger partial charge is 0.394 e. The lowest BCUT2D eigenvalue weighted by Crippen LogP contribution is -2.10. The minimum absolute atomic E-state index is 0.264. The van der Waals surface area contributed by atoms with E-state index >= 15 is 0 Å². The van der Waals surface area contributed by atoms with Crippen molar-refractivity contribution >= 4 is 22.6 Å². The van der Waals surface area contributed by atoms with Crippen molar-refractivity contribution in [1.29, 1.82) is 5.41 Å². The van der Waals surface area contributed by atoms with Crippen LogP contribution in [0.1, 0.15) is 5.69 Å². The molecule has 4 N–H and O–H groups in total. The van der Waals surface area contributed by atoms with E-state index in [1.54, 1.807) is 25.5 Å². The molecule has 0 saturated heterocycles. The van der Waals surface area contributed by atoms with Crippen LogP contribution in [0.25, 0.3) is 10.9 Å². The Morgan fingerprint density at radius 2 is 2.35 bits per heavy atom. The molecule has 2 aromatic rings. The van der Waals surface area contributed by atoms with Gasteiger partial charge in [-0.1, -0.05) is 0 Å². The Morgan fingerprint density at radius 1 is 1.53 bits per heavy atom. The van der Waals surface area contributed by atoms with E-state index in [1.807, 2.05) is 13.0 Å². The van der Waals surface area contributed by atoms with Crippen LogP contribution in [0.2, 0.25) is 0 Å². The van der Waals surface area contributed by atoms with Crippen LogP contribution in [-0.2, 0) is 0 Å². The fraction of sp³-hybridized carbons (Fsp3) is 0.182. The zero-order valence-corrected chi connectivity index (χ0v) is 9.70. The highest BCUT2D eigenvalue weighted by molar-refractivity contribution is 6.06. The Bertz CT molecular complexity index is 568. The van der Waals surface area contributed by atoms with E-state index in [1.165, 1.54) is 0 Å². The molecule has 6 nitrogen and oxygen atoms in total. The van der Waals surface area contributed by atoms with Crippen molar-refractivity contribution in [2.45, 2.75) is 6.92 Å². The molecular formula is C11H14N6. The summed E-state index contributed by atoms with van der Waals surface area (Å²) in [5.74, 6) is 0.902. The minimum atomic E-state index is 0.264. The Morgan fingerprint density at radius 3 is 3.12 bits per heavy atom. The van der Waals surface area contributed by atoms with Crippen LogP contribution >= 0.6 is 0 Å². The molecule has 0 saturated carbocycles. The van der Waals surface area contributed by atoms with E-state index in [0.29, 0.717) is 5.82 Å². The van der Waals surface area contributed by atoms with Gasteiger partial charge in [-0.05, 0) is 25.3 Å². The van der Waals surface area contributed by atoms with Crippen molar-refractivity contribution in [2.24, 2.45) is 0 Å². The number of pyridine rings is 1. The average molecular weight is 230 g/mol. The van der Waals surface area contributed by atoms with E-state index in [9.17, 15) is 0 Å². The summed E-state index contributed by atoms with van der Waals surface area (Å²) in [6, 6.07) is 1.85. The van der Waals surface area contributed by atoms with Gasteiger partial charge in [0.15, 0.2) is 0 Å². The molecule has 0 fully saturated rings. The van der Waals surface area contributed by atoms with E-state index < -0.39 is 0 Å². The molecule has 0 aliphatic heterocycles. The first-order valence-corrected chi connectivity index (χ1v) is 5.21. The average Bonchev–Trinajstić information content (AvgIpc) is 2.70. The van der Waals surface area contributed by atoms with Gasteiger partial charge in [-0.2, -0.15) is 5.10 Å². The van der Waals surface area contributed by atoms with Crippen molar-refractivity contribution in [3.63, 3.8) is 0 Å². The van der Waals surface area contributed by atoms with E-state index in [0.717, 1.165) is 16.6 Å². The second-order valence-electron chi connectivity index (χ2n) is 3.55. The minimum Gasteiger partial charge on any atom is -0.394 e. The van der Waals surface area contributed by atoms with Gasteiger partial charge in [0.1, 0.15) is 11.7 Å². The van der Waals surface area contributed by atoms with Crippen molar-refractivity contribution in [2.75, 3.05) is 12.4 Å². The van der Waals surface area contributed by atoms with Gasteiger partial charge in [0.25, 0.3) is 0 Å². The monoisotopic (exact) mass is 230 g/mol. The molecule has 0 aliphatic rings. The third-order valence-corrected chi connectivity index (χ3v) is 2.33. The molecule has 0 aromatic carbocycles. The van der Waals surface area contributed by atoms with Crippen LogP contribution in [0.15, 0.2) is 24.5 Å². The number of H-pyrrole nitrogens is 1. The number of hydrogen-bond donors (Lipinski definition) is 4. The summed E-state index contributed by atoms with van der Waals surface area (Å²) in [5, 5.41) is 21.4. The predicted molar refractivity (Wildman–Crippen MR) is 68.2 cm³/mol. The van der Waals surface area contributed by atoms with Gasteiger partial charge >= 0.3 is 0 Å². The van der Waals surface area contributed by atoms with Crippen LogP contribution in [0, 0.1) is 12.3 Å². The molecule has 0 amide bonds. The molecule has 2 rings (SSSR count). The van der Waals surface area contributed by atoms with Gasteiger partial charge < -0.3 is 10.6 Å². The van der Waals surface area contributed by atoms with Gasteiger partial charge in [-0.25, -0.2) is 4.98 Å². The molecule has 0 bridgehead atoms. The second kappa shape index (κ2) is 4.65. The molecule has 2 aromatic heterocycles. The molecule has 17 heavy (non-hydrogen) atoms. The Balaban J connectivity index is 2.32. The lowest BCUT2D eigenvalue weighted by atomic mass is 10.2. The molecule has 0 unspecified atom stereocenters. The molecule has 0 aliphatic carbocycles. The number of aryl methyl sites for hydroxylation is 1. The van der Waals surface area contributed by atoms with Crippen LogP contribution in [0.3, 0.4) is 0 Å². The number of aromatic nitrogens is 3. The third kappa shape index (κ3) is 2.25. The molecule has 6 heteroatoms. The molecule has 0 atom stereocenters. The van der Waals surface area contributed by atoms with Crippen LogP contribution < -0.4 is 10.6 Å². The fourth-order valence-corrected chi connectivity index (χ4v) is 1.55. The van der Waals surface area contributed by atoms with Gasteiger partial charge in [-0.3, -0.25) is 10.5 Å². The lowest BCUT2D eigenvalue weighted by Gasteiger charge is -2.04.